The minimum Gasteiger partial charge on any atom is -0.481 e. The van der Waals surface area contributed by atoms with Gasteiger partial charge in [0.25, 0.3) is 5.91 Å². The zero-order valence-electron chi connectivity index (χ0n) is 12.2. The van der Waals surface area contributed by atoms with Crippen molar-refractivity contribution >= 4 is 37.5 Å². The number of primary sulfonamides is 1. The summed E-state index contributed by atoms with van der Waals surface area (Å²) in [6, 6.07) is 12.7. The topological polar surface area (TPSA) is 98.5 Å². The molecule has 0 aliphatic carbocycles. The van der Waals surface area contributed by atoms with Gasteiger partial charge in [-0.2, -0.15) is 0 Å². The van der Waals surface area contributed by atoms with Gasteiger partial charge < -0.3 is 10.1 Å². The van der Waals surface area contributed by atoms with Crippen molar-refractivity contribution in [1.82, 2.24) is 0 Å². The van der Waals surface area contributed by atoms with E-state index in [0.717, 1.165) is 4.47 Å². The monoisotopic (exact) mass is 398 g/mol. The molecule has 2 aromatic carbocycles. The second-order valence-electron chi connectivity index (χ2n) is 4.77. The third kappa shape index (κ3) is 5.05. The number of carbonyl (C=O) groups is 1. The van der Waals surface area contributed by atoms with Crippen molar-refractivity contribution in [1.29, 1.82) is 0 Å². The quantitative estimate of drug-likeness (QED) is 0.807. The SMILES string of the molecule is C[C@H](Oc1ccc(Br)cc1)C(=O)Nc1ccc(S(N)(=O)=O)cc1. The molecule has 0 aromatic heterocycles. The Morgan fingerprint density at radius 3 is 2.22 bits per heavy atom. The molecule has 8 heteroatoms. The molecule has 122 valence electrons. The van der Waals surface area contributed by atoms with E-state index in [1.165, 1.54) is 24.3 Å². The Kier molecular flexibility index (Phi) is 5.40. The summed E-state index contributed by atoms with van der Waals surface area (Å²) in [5, 5.41) is 7.66. The van der Waals surface area contributed by atoms with Crippen LogP contribution in [0.4, 0.5) is 5.69 Å². The van der Waals surface area contributed by atoms with Crippen LogP contribution in [-0.2, 0) is 14.8 Å². The third-order valence-electron chi connectivity index (χ3n) is 2.95. The van der Waals surface area contributed by atoms with Crippen LogP contribution in [0, 0.1) is 0 Å². The van der Waals surface area contributed by atoms with Crippen LogP contribution >= 0.6 is 15.9 Å². The van der Waals surface area contributed by atoms with Gasteiger partial charge in [0.2, 0.25) is 10.0 Å². The fourth-order valence-electron chi connectivity index (χ4n) is 1.74. The predicted molar refractivity (Wildman–Crippen MR) is 90.7 cm³/mol. The highest BCUT2D eigenvalue weighted by atomic mass is 79.9. The molecular weight excluding hydrogens is 384 g/mol. The summed E-state index contributed by atoms with van der Waals surface area (Å²) in [4.78, 5) is 12.1. The number of halogens is 1. The number of nitrogens with two attached hydrogens (primary N) is 1. The molecule has 0 saturated carbocycles. The molecule has 0 heterocycles. The zero-order chi connectivity index (χ0) is 17.0. The second-order valence-corrected chi connectivity index (χ2v) is 7.25. The number of carbonyl (C=O) groups excluding carboxylic acids is 1. The van der Waals surface area contributed by atoms with E-state index < -0.39 is 16.1 Å². The molecule has 0 unspecified atom stereocenters. The molecule has 0 spiro atoms. The molecule has 0 aliphatic rings. The van der Waals surface area contributed by atoms with E-state index in [0.29, 0.717) is 11.4 Å². The Morgan fingerprint density at radius 1 is 1.13 bits per heavy atom. The molecule has 2 rings (SSSR count). The number of nitrogens with one attached hydrogen (secondary N) is 1. The number of benzene rings is 2. The van der Waals surface area contributed by atoms with Crippen LogP contribution in [0.25, 0.3) is 0 Å². The third-order valence-corrected chi connectivity index (χ3v) is 4.40. The minimum atomic E-state index is -3.75. The van der Waals surface area contributed by atoms with Crippen molar-refractivity contribution in [3.8, 4) is 5.75 Å². The number of hydrogen-bond donors (Lipinski definition) is 2. The van der Waals surface area contributed by atoms with Crippen molar-refractivity contribution in [2.45, 2.75) is 17.9 Å². The van der Waals surface area contributed by atoms with Gasteiger partial charge >= 0.3 is 0 Å². The fourth-order valence-corrected chi connectivity index (χ4v) is 2.52. The lowest BCUT2D eigenvalue weighted by Gasteiger charge is -2.15. The van der Waals surface area contributed by atoms with Gasteiger partial charge in [0.15, 0.2) is 6.10 Å². The summed E-state index contributed by atoms with van der Waals surface area (Å²) in [7, 11) is -3.75. The van der Waals surface area contributed by atoms with E-state index in [4.69, 9.17) is 9.88 Å². The summed E-state index contributed by atoms with van der Waals surface area (Å²) < 4.78 is 28.8. The average molecular weight is 399 g/mol. The van der Waals surface area contributed by atoms with Gasteiger partial charge in [-0.05, 0) is 55.5 Å². The molecule has 3 N–H and O–H groups in total. The Hall–Kier alpha value is -1.90. The van der Waals surface area contributed by atoms with Gasteiger partial charge in [-0.25, -0.2) is 13.6 Å². The summed E-state index contributed by atoms with van der Waals surface area (Å²) in [5.41, 5.74) is 0.452. The number of amides is 1. The highest BCUT2D eigenvalue weighted by Crippen LogP contribution is 2.18. The summed E-state index contributed by atoms with van der Waals surface area (Å²) >= 11 is 3.32. The largest absolute Gasteiger partial charge is 0.481 e. The minimum absolute atomic E-state index is 0.0188. The molecular formula is C15H15BrN2O4S. The Balaban J connectivity index is 1.99. The van der Waals surface area contributed by atoms with E-state index in [1.807, 2.05) is 12.1 Å². The smallest absolute Gasteiger partial charge is 0.265 e. The molecule has 23 heavy (non-hydrogen) atoms. The summed E-state index contributed by atoms with van der Waals surface area (Å²) in [5.74, 6) is 0.219. The fraction of sp³-hybridized carbons (Fsp3) is 0.133. The van der Waals surface area contributed by atoms with Crippen molar-refractivity contribution in [2.24, 2.45) is 5.14 Å². The molecule has 1 atom stereocenters. The van der Waals surface area contributed by atoms with Crippen LogP contribution in [0.5, 0.6) is 5.75 Å². The van der Waals surface area contributed by atoms with E-state index in [-0.39, 0.29) is 10.8 Å². The first-order valence-corrected chi connectivity index (χ1v) is 8.95. The van der Waals surface area contributed by atoms with Crippen LogP contribution in [0.2, 0.25) is 0 Å². The first kappa shape index (κ1) is 17.5. The van der Waals surface area contributed by atoms with Crippen molar-refractivity contribution in [2.75, 3.05) is 5.32 Å². The first-order valence-electron chi connectivity index (χ1n) is 6.61. The molecule has 0 fully saturated rings. The van der Waals surface area contributed by atoms with Crippen LogP contribution in [0.15, 0.2) is 57.9 Å². The number of rotatable bonds is 5. The summed E-state index contributed by atoms with van der Waals surface area (Å²) in [6.07, 6.45) is -0.714. The van der Waals surface area contributed by atoms with Gasteiger partial charge in [0, 0.05) is 10.2 Å². The van der Waals surface area contributed by atoms with Gasteiger partial charge in [-0.3, -0.25) is 4.79 Å². The molecule has 6 nitrogen and oxygen atoms in total. The maximum atomic E-state index is 12.1. The molecule has 1 amide bonds. The van der Waals surface area contributed by atoms with E-state index in [2.05, 4.69) is 21.2 Å². The highest BCUT2D eigenvalue weighted by Gasteiger charge is 2.15. The standard InChI is InChI=1S/C15H15BrN2O4S/c1-10(22-13-6-2-11(16)3-7-13)15(19)18-12-4-8-14(9-5-12)23(17,20)21/h2-10H,1H3,(H,18,19)(H2,17,20,21)/t10-/m0/s1. The van der Waals surface area contributed by atoms with Gasteiger partial charge in [-0.15, -0.1) is 0 Å². The van der Waals surface area contributed by atoms with Crippen molar-refractivity contribution in [3.05, 3.63) is 53.0 Å². The first-order chi connectivity index (χ1) is 10.8. The van der Waals surface area contributed by atoms with Crippen molar-refractivity contribution in [3.63, 3.8) is 0 Å². The number of sulfonamides is 1. The second kappa shape index (κ2) is 7.12. The van der Waals surface area contributed by atoms with E-state index >= 15 is 0 Å². The average Bonchev–Trinajstić information content (AvgIpc) is 2.49. The summed E-state index contributed by atoms with van der Waals surface area (Å²) in [6.45, 7) is 1.62. The van der Waals surface area contributed by atoms with Crippen molar-refractivity contribution < 1.29 is 17.9 Å². The van der Waals surface area contributed by atoms with E-state index in [9.17, 15) is 13.2 Å². The van der Waals surface area contributed by atoms with Gasteiger partial charge in [0.1, 0.15) is 5.75 Å². The lowest BCUT2D eigenvalue weighted by atomic mass is 10.3. The normalized spacial score (nSPS) is 12.5. The number of hydrogen-bond acceptors (Lipinski definition) is 4. The lowest BCUT2D eigenvalue weighted by Crippen LogP contribution is -2.30. The Labute approximate surface area is 142 Å². The number of anilines is 1. The molecule has 0 aliphatic heterocycles. The lowest BCUT2D eigenvalue weighted by molar-refractivity contribution is -0.122. The predicted octanol–water partition coefficient (Wildman–Crippen LogP) is 2.50. The van der Waals surface area contributed by atoms with Gasteiger partial charge in [0.05, 0.1) is 4.90 Å². The number of ether oxygens (including phenoxy) is 1. The molecule has 0 saturated heterocycles. The zero-order valence-corrected chi connectivity index (χ0v) is 14.6. The molecule has 0 radical (unpaired) electrons. The molecule has 0 bridgehead atoms. The van der Waals surface area contributed by atoms with E-state index in [1.54, 1.807) is 19.1 Å². The van der Waals surface area contributed by atoms with Crippen LogP contribution < -0.4 is 15.2 Å². The van der Waals surface area contributed by atoms with Crippen LogP contribution in [-0.4, -0.2) is 20.4 Å². The Morgan fingerprint density at radius 2 is 1.70 bits per heavy atom. The Bertz CT molecular complexity index is 789. The highest BCUT2D eigenvalue weighted by molar-refractivity contribution is 9.10. The maximum Gasteiger partial charge on any atom is 0.265 e. The van der Waals surface area contributed by atoms with Crippen LogP contribution in [0.1, 0.15) is 6.92 Å². The molecule has 2 aromatic rings. The van der Waals surface area contributed by atoms with Gasteiger partial charge in [-0.1, -0.05) is 15.9 Å². The van der Waals surface area contributed by atoms with Crippen LogP contribution in [0.3, 0.4) is 0 Å². The maximum absolute atomic E-state index is 12.1.